The lowest BCUT2D eigenvalue weighted by Crippen LogP contribution is -2.26. The Labute approximate surface area is 581 Å². The molecule has 0 bridgehead atoms. The van der Waals surface area contributed by atoms with Crippen LogP contribution < -0.4 is 0 Å². The maximum absolute atomic E-state index is 6.20. The molecule has 0 heteroatoms. The molecule has 3 aliphatic rings. The fraction of sp³-hybridized carbons (Fsp3) is 0.537. The first-order valence-corrected chi connectivity index (χ1v) is 39.6. The zero-order valence-corrected chi connectivity index (χ0v) is 60.7. The summed E-state index contributed by atoms with van der Waals surface area (Å²) in [7, 11) is 0. The summed E-state index contributed by atoms with van der Waals surface area (Å²) in [5.74, 6) is 21.5. The fourth-order valence-corrected chi connectivity index (χ4v) is 17.5. The smallest absolute Gasteiger partial charge is 0.0252 e. The van der Waals surface area contributed by atoms with Gasteiger partial charge in [-0.25, -0.2) is 0 Å². The summed E-state index contributed by atoms with van der Waals surface area (Å²) in [6.45, 7) is 14.0. The molecule has 0 N–H and O–H groups in total. The van der Waals surface area contributed by atoms with Crippen molar-refractivity contribution in [1.82, 2.24) is 0 Å². The van der Waals surface area contributed by atoms with E-state index in [0.29, 0.717) is 0 Å². The molecule has 9 rings (SSSR count). The molecule has 0 unspecified atom stereocenters. The number of benzene rings is 6. The second-order valence-corrected chi connectivity index (χ2v) is 29.7. The number of fused-ring (bicyclic) bond motifs is 9. The Bertz CT molecular complexity index is 3340. The predicted molar refractivity (Wildman–Crippen MR) is 414 cm³/mol. The van der Waals surface area contributed by atoms with Gasteiger partial charge in [-0.1, -0.05) is 345 Å². The van der Waals surface area contributed by atoms with Crippen molar-refractivity contribution in [3.05, 3.63) is 176 Å². The first-order valence-electron chi connectivity index (χ1n) is 39.6. The van der Waals surface area contributed by atoms with Gasteiger partial charge in [0, 0.05) is 49.6 Å². The highest BCUT2D eigenvalue weighted by Crippen LogP contribution is 2.58. The SMILES string of the molecule is C#Cc1ccc2c(c1)C(CCCCCCCC)(CCCCCCCC)c1cc(C#Cc3ccc4c(c3)C(CCCCCCCC)(CCCCCCCC)c3cc(C#Cc5ccc6c(c5)C(CCCCCCCC)(CCCCCCCC)c5cc(C#C)ccc5-6)ccc3-4)ccc1-2. The van der Waals surface area contributed by atoms with Crippen molar-refractivity contribution in [3.63, 3.8) is 0 Å². The van der Waals surface area contributed by atoms with Crippen LogP contribution in [0.25, 0.3) is 33.4 Å². The van der Waals surface area contributed by atoms with Crippen LogP contribution in [0, 0.1) is 48.4 Å². The van der Waals surface area contributed by atoms with Crippen LogP contribution in [0.5, 0.6) is 0 Å². The van der Waals surface area contributed by atoms with Crippen LogP contribution in [0.15, 0.2) is 109 Å². The monoisotopic (exact) mass is 1260 g/mol. The second-order valence-electron chi connectivity index (χ2n) is 29.7. The van der Waals surface area contributed by atoms with Crippen LogP contribution in [0.4, 0.5) is 0 Å². The summed E-state index contributed by atoms with van der Waals surface area (Å²) < 4.78 is 0. The molecule has 0 aliphatic heterocycles. The molecule has 0 aromatic heterocycles. The number of terminal acetylenes is 2. The number of hydrogen-bond donors (Lipinski definition) is 0. The minimum atomic E-state index is -0.109. The molecule has 0 saturated heterocycles. The first-order chi connectivity index (χ1) is 46.8. The van der Waals surface area contributed by atoms with Crippen molar-refractivity contribution in [3.8, 4) is 81.8 Å². The molecule has 0 saturated carbocycles. The van der Waals surface area contributed by atoms with E-state index in [1.165, 1.54) is 298 Å². The predicted octanol–water partition coefficient (Wildman–Crippen LogP) is 27.8. The topological polar surface area (TPSA) is 0 Å². The normalized spacial score (nSPS) is 13.7. The van der Waals surface area contributed by atoms with Crippen molar-refractivity contribution in [2.45, 2.75) is 327 Å². The van der Waals surface area contributed by atoms with Crippen LogP contribution in [-0.4, -0.2) is 0 Å². The number of rotatable bonds is 42. The third-order valence-corrected chi connectivity index (χ3v) is 22.9. The zero-order chi connectivity index (χ0) is 66.6. The van der Waals surface area contributed by atoms with Gasteiger partial charge in [0.15, 0.2) is 0 Å². The zero-order valence-electron chi connectivity index (χ0n) is 60.7. The Balaban J connectivity index is 1.08. The van der Waals surface area contributed by atoms with Gasteiger partial charge in [-0.15, -0.1) is 12.8 Å². The van der Waals surface area contributed by atoms with Gasteiger partial charge in [-0.05, 0) is 178 Å². The quantitative estimate of drug-likeness (QED) is 0.0265. The molecule has 3 aliphatic carbocycles. The van der Waals surface area contributed by atoms with E-state index in [4.69, 9.17) is 12.8 Å². The summed E-state index contributed by atoms with van der Waals surface area (Å²) in [6, 6.07) is 42.9. The van der Waals surface area contributed by atoms with Crippen molar-refractivity contribution < 1.29 is 0 Å². The van der Waals surface area contributed by atoms with Crippen molar-refractivity contribution in [2.24, 2.45) is 0 Å². The standard InChI is InChI=1S/C95H122/c1-9-17-23-29-35-41-63-93(64-42-36-30-24-18-10-2)87-69-75(15-7)51-57-81(87)83-59-53-77(71-89(83)93)47-49-79-55-61-85-86-62-56-80(74-92(86)95(91(85)73-79,67-45-39-33-27-21-13-5)68-46-40-34-28-22-14-6)50-48-78-54-60-84-82-58-52-76(16-8)70-88(82)94(90(84)72-78,65-43-37-31-25-19-11-3)66-44-38-32-26-20-12-4/h7-8,51-62,69-74H,9-14,17-46,63-68H2,1-6H3. The van der Waals surface area contributed by atoms with Gasteiger partial charge in [0.2, 0.25) is 0 Å². The maximum atomic E-state index is 6.20. The molecule has 502 valence electrons. The molecule has 0 amide bonds. The lowest BCUT2D eigenvalue weighted by molar-refractivity contribution is 0.397. The Kier molecular flexibility index (Phi) is 29.1. The Hall–Kier alpha value is -6.44. The maximum Gasteiger partial charge on any atom is 0.0252 e. The molecule has 0 spiro atoms. The van der Waals surface area contributed by atoms with Crippen LogP contribution in [0.2, 0.25) is 0 Å². The van der Waals surface area contributed by atoms with Gasteiger partial charge >= 0.3 is 0 Å². The molecule has 0 heterocycles. The second kappa shape index (κ2) is 37.9. The van der Waals surface area contributed by atoms with E-state index in [-0.39, 0.29) is 16.2 Å². The molecule has 95 heavy (non-hydrogen) atoms. The van der Waals surface area contributed by atoms with Gasteiger partial charge in [0.05, 0.1) is 0 Å². The average Bonchev–Trinajstić information content (AvgIpc) is 1.59. The number of unbranched alkanes of at least 4 members (excludes halogenated alkanes) is 30. The highest BCUT2D eigenvalue weighted by atomic mass is 14.5. The molecule has 6 aromatic carbocycles. The van der Waals surface area contributed by atoms with E-state index in [9.17, 15) is 0 Å². The third kappa shape index (κ3) is 18.2. The molecule has 0 radical (unpaired) electrons. The highest BCUT2D eigenvalue weighted by Gasteiger charge is 2.45. The van der Waals surface area contributed by atoms with Gasteiger partial charge < -0.3 is 0 Å². The summed E-state index contributed by atoms with van der Waals surface area (Å²) >= 11 is 0. The summed E-state index contributed by atoms with van der Waals surface area (Å²) in [5.41, 5.74) is 23.5. The van der Waals surface area contributed by atoms with Crippen LogP contribution >= 0.6 is 0 Å². The van der Waals surface area contributed by atoms with Gasteiger partial charge in [0.25, 0.3) is 0 Å². The van der Waals surface area contributed by atoms with Crippen molar-refractivity contribution in [2.75, 3.05) is 0 Å². The van der Waals surface area contributed by atoms with E-state index in [1.807, 2.05) is 0 Å². The lowest BCUT2D eigenvalue weighted by atomic mass is 9.70. The first kappa shape index (κ1) is 72.8. The van der Waals surface area contributed by atoms with Gasteiger partial charge in [0.1, 0.15) is 0 Å². The van der Waals surface area contributed by atoms with E-state index in [1.54, 1.807) is 0 Å². The van der Waals surface area contributed by atoms with Gasteiger partial charge in [-0.3, -0.25) is 0 Å². The summed E-state index contributed by atoms with van der Waals surface area (Å²) in [5, 5.41) is 0. The van der Waals surface area contributed by atoms with Crippen LogP contribution in [0.1, 0.15) is 378 Å². The molecular weight excluding hydrogens is 1140 g/mol. The molecule has 0 fully saturated rings. The Morgan fingerprint density at radius 1 is 0.211 bits per heavy atom. The van der Waals surface area contributed by atoms with E-state index >= 15 is 0 Å². The van der Waals surface area contributed by atoms with Crippen molar-refractivity contribution in [1.29, 1.82) is 0 Å². The molecular formula is C95H122. The van der Waals surface area contributed by atoms with E-state index in [0.717, 1.165) is 71.9 Å². The van der Waals surface area contributed by atoms with Crippen molar-refractivity contribution >= 4 is 0 Å². The summed E-state index contributed by atoms with van der Waals surface area (Å²) in [6.07, 6.45) is 65.9. The van der Waals surface area contributed by atoms with Crippen LogP contribution in [0.3, 0.4) is 0 Å². The molecule has 0 nitrogen and oxygen atoms in total. The number of hydrogen-bond acceptors (Lipinski definition) is 0. The minimum absolute atomic E-state index is 0.0625. The molecule has 6 aromatic rings. The third-order valence-electron chi connectivity index (χ3n) is 22.9. The Morgan fingerprint density at radius 3 is 0.547 bits per heavy atom. The largest absolute Gasteiger partial charge is 0.115 e. The summed E-state index contributed by atoms with van der Waals surface area (Å²) in [4.78, 5) is 0. The minimum Gasteiger partial charge on any atom is -0.115 e. The Morgan fingerprint density at radius 2 is 0.368 bits per heavy atom. The van der Waals surface area contributed by atoms with E-state index < -0.39 is 0 Å². The van der Waals surface area contributed by atoms with Gasteiger partial charge in [-0.2, -0.15) is 0 Å². The van der Waals surface area contributed by atoms with E-state index in [2.05, 4.69) is 186 Å². The van der Waals surface area contributed by atoms with Crippen LogP contribution in [-0.2, 0) is 16.2 Å². The molecule has 0 atom stereocenters. The lowest BCUT2D eigenvalue weighted by Gasteiger charge is -2.33. The highest BCUT2D eigenvalue weighted by molar-refractivity contribution is 5.85. The average molecular weight is 1260 g/mol. The fourth-order valence-electron chi connectivity index (χ4n) is 17.5.